The van der Waals surface area contributed by atoms with Gasteiger partial charge in [-0.2, -0.15) is 9.61 Å². The molecule has 2 aliphatic heterocycles. The SMILES string of the molecule is NC1=NC=C(c2cnn3c(=O)c(C(=O)NC4CC4)c(O)n(CC4CCOCC4)c23)CC1. The number of amidine groups is 1. The quantitative estimate of drug-likeness (QED) is 0.653. The van der Waals surface area contributed by atoms with Gasteiger partial charge in [-0.15, -0.1) is 0 Å². The van der Waals surface area contributed by atoms with Crippen LogP contribution < -0.4 is 16.6 Å². The number of allylic oxidation sites excluding steroid dienone is 1. The van der Waals surface area contributed by atoms with Gasteiger partial charge in [0.25, 0.3) is 11.5 Å². The Balaban J connectivity index is 1.67. The molecular formula is C21H26N6O4. The Morgan fingerprint density at radius 1 is 1.26 bits per heavy atom. The Labute approximate surface area is 178 Å². The highest BCUT2D eigenvalue weighted by Crippen LogP contribution is 2.31. The molecule has 2 aromatic rings. The van der Waals surface area contributed by atoms with E-state index in [1.54, 1.807) is 17.0 Å². The van der Waals surface area contributed by atoms with Gasteiger partial charge in [-0.1, -0.05) is 0 Å². The van der Waals surface area contributed by atoms with Gasteiger partial charge in [0, 0.05) is 44.0 Å². The third kappa shape index (κ3) is 3.71. The van der Waals surface area contributed by atoms with Gasteiger partial charge in [-0.25, -0.2) is 4.99 Å². The number of carbonyl (C=O) groups excluding carboxylic acids is 1. The molecule has 1 saturated carbocycles. The average molecular weight is 426 g/mol. The lowest BCUT2D eigenvalue weighted by atomic mass is 9.99. The van der Waals surface area contributed by atoms with Crippen molar-refractivity contribution < 1.29 is 14.6 Å². The van der Waals surface area contributed by atoms with E-state index in [1.165, 1.54) is 4.52 Å². The standard InChI is InChI=1S/C21H26N6O4/c22-16-4-1-13(9-23-16)15-10-24-27-19(15)26(11-12-5-7-31-8-6-12)20(29)17(21(27)30)18(28)25-14-2-3-14/h9-10,12,14,29H,1-8,11H2,(H2,22,23)(H,25,28). The van der Waals surface area contributed by atoms with Crippen LogP contribution in [-0.2, 0) is 11.3 Å². The Bertz CT molecular complexity index is 1150. The Hall–Kier alpha value is -3.14. The summed E-state index contributed by atoms with van der Waals surface area (Å²) >= 11 is 0. The van der Waals surface area contributed by atoms with Crippen molar-refractivity contribution in [3.05, 3.63) is 33.9 Å². The van der Waals surface area contributed by atoms with Crippen LogP contribution in [0.4, 0.5) is 0 Å². The predicted molar refractivity (Wildman–Crippen MR) is 114 cm³/mol. The molecular weight excluding hydrogens is 400 g/mol. The normalized spacial score (nSPS) is 19.9. The van der Waals surface area contributed by atoms with Gasteiger partial charge in [0.2, 0.25) is 5.88 Å². The molecule has 1 amide bonds. The fourth-order valence-corrected chi connectivity index (χ4v) is 4.21. The lowest BCUT2D eigenvalue weighted by molar-refractivity contribution is 0.0607. The molecule has 0 spiro atoms. The molecule has 2 fully saturated rings. The van der Waals surface area contributed by atoms with Crippen LogP contribution in [0.3, 0.4) is 0 Å². The first-order valence-corrected chi connectivity index (χ1v) is 10.8. The second-order valence-corrected chi connectivity index (χ2v) is 8.49. The summed E-state index contributed by atoms with van der Waals surface area (Å²) in [6, 6.07) is 0.0647. The van der Waals surface area contributed by atoms with E-state index in [2.05, 4.69) is 15.4 Å². The molecule has 164 valence electrons. The number of nitrogens with two attached hydrogens (primary N) is 1. The maximum atomic E-state index is 13.2. The predicted octanol–water partition coefficient (Wildman–Crippen LogP) is 1.01. The van der Waals surface area contributed by atoms with E-state index in [-0.39, 0.29) is 23.4 Å². The lowest BCUT2D eigenvalue weighted by Gasteiger charge is -2.25. The summed E-state index contributed by atoms with van der Waals surface area (Å²) in [7, 11) is 0. The molecule has 1 aliphatic carbocycles. The van der Waals surface area contributed by atoms with Crippen LogP contribution in [0.25, 0.3) is 11.2 Å². The molecule has 10 heteroatoms. The summed E-state index contributed by atoms with van der Waals surface area (Å²) in [6.45, 7) is 1.77. The zero-order valence-corrected chi connectivity index (χ0v) is 17.2. The fourth-order valence-electron chi connectivity index (χ4n) is 4.21. The minimum Gasteiger partial charge on any atom is -0.494 e. The number of carbonyl (C=O) groups is 1. The summed E-state index contributed by atoms with van der Waals surface area (Å²) in [5.74, 6) is -0.0639. The van der Waals surface area contributed by atoms with Gasteiger partial charge < -0.3 is 20.9 Å². The van der Waals surface area contributed by atoms with Crippen molar-refractivity contribution in [3.63, 3.8) is 0 Å². The van der Waals surface area contributed by atoms with Crippen molar-refractivity contribution in [1.29, 1.82) is 0 Å². The van der Waals surface area contributed by atoms with Crippen LogP contribution in [0.2, 0.25) is 0 Å². The first-order valence-electron chi connectivity index (χ1n) is 10.8. The fraction of sp³-hybridized carbons (Fsp3) is 0.524. The number of hydrogen-bond acceptors (Lipinski definition) is 7. The third-order valence-electron chi connectivity index (χ3n) is 6.19. The van der Waals surface area contributed by atoms with Gasteiger partial charge >= 0.3 is 0 Å². The molecule has 2 aromatic heterocycles. The number of nitrogens with one attached hydrogen (secondary N) is 1. The number of nitrogens with zero attached hydrogens (tertiary/aromatic N) is 4. The summed E-state index contributed by atoms with van der Waals surface area (Å²) in [5, 5.41) is 18.2. The van der Waals surface area contributed by atoms with Crippen LogP contribution >= 0.6 is 0 Å². The van der Waals surface area contributed by atoms with Crippen LogP contribution in [0, 0.1) is 5.92 Å². The number of aromatic hydroxyl groups is 1. The Kier molecular flexibility index (Phi) is 5.01. The number of ether oxygens (including phenoxy) is 1. The number of aliphatic imine (C=N–C) groups is 1. The van der Waals surface area contributed by atoms with E-state index in [0.29, 0.717) is 49.6 Å². The van der Waals surface area contributed by atoms with E-state index in [4.69, 9.17) is 10.5 Å². The second-order valence-electron chi connectivity index (χ2n) is 8.49. The average Bonchev–Trinajstić information content (AvgIpc) is 3.47. The van der Waals surface area contributed by atoms with Gasteiger partial charge in [0.15, 0.2) is 5.56 Å². The molecule has 0 radical (unpaired) electrons. The highest BCUT2D eigenvalue weighted by Gasteiger charge is 2.31. The van der Waals surface area contributed by atoms with Gasteiger partial charge in [0.05, 0.1) is 12.0 Å². The van der Waals surface area contributed by atoms with Crippen LogP contribution in [0.1, 0.15) is 54.4 Å². The molecule has 4 heterocycles. The van der Waals surface area contributed by atoms with Crippen LogP contribution in [0.15, 0.2) is 22.2 Å². The van der Waals surface area contributed by atoms with Gasteiger partial charge in [-0.3, -0.25) is 14.2 Å². The van der Waals surface area contributed by atoms with Crippen LogP contribution in [-0.4, -0.2) is 50.3 Å². The topological polar surface area (TPSA) is 136 Å². The van der Waals surface area contributed by atoms with Crippen LogP contribution in [0.5, 0.6) is 5.88 Å². The molecule has 31 heavy (non-hydrogen) atoms. The number of rotatable bonds is 5. The van der Waals surface area contributed by atoms with E-state index in [0.717, 1.165) is 31.3 Å². The number of hydrogen-bond donors (Lipinski definition) is 3. The zero-order valence-electron chi connectivity index (χ0n) is 17.2. The maximum absolute atomic E-state index is 13.2. The highest BCUT2D eigenvalue weighted by atomic mass is 16.5. The van der Waals surface area contributed by atoms with Crippen molar-refractivity contribution in [1.82, 2.24) is 19.5 Å². The summed E-state index contributed by atoms with van der Waals surface area (Å²) in [6.07, 6.45) is 8.01. The van der Waals surface area contributed by atoms with Crippen molar-refractivity contribution in [3.8, 4) is 5.88 Å². The summed E-state index contributed by atoms with van der Waals surface area (Å²) in [4.78, 5) is 30.2. The van der Waals surface area contributed by atoms with Gasteiger partial charge in [0.1, 0.15) is 5.65 Å². The first-order chi connectivity index (χ1) is 15.0. The smallest absolute Gasteiger partial charge is 0.291 e. The number of fused-ring (bicyclic) bond motifs is 1. The van der Waals surface area contributed by atoms with E-state index in [1.807, 2.05) is 0 Å². The molecule has 0 unspecified atom stereocenters. The Morgan fingerprint density at radius 3 is 2.71 bits per heavy atom. The molecule has 0 atom stereocenters. The van der Waals surface area contributed by atoms with Crippen molar-refractivity contribution in [2.24, 2.45) is 16.6 Å². The summed E-state index contributed by atoms with van der Waals surface area (Å²) in [5.41, 5.74) is 6.98. The van der Waals surface area contributed by atoms with E-state index < -0.39 is 11.5 Å². The van der Waals surface area contributed by atoms with Gasteiger partial charge in [-0.05, 0) is 43.6 Å². The first kappa shape index (κ1) is 19.8. The number of amides is 1. The second kappa shape index (κ2) is 7.84. The van der Waals surface area contributed by atoms with Crippen molar-refractivity contribution >= 4 is 23.0 Å². The highest BCUT2D eigenvalue weighted by molar-refractivity contribution is 5.97. The maximum Gasteiger partial charge on any atom is 0.291 e. The molecule has 0 bridgehead atoms. The Morgan fingerprint density at radius 2 is 2.03 bits per heavy atom. The molecule has 0 aromatic carbocycles. The lowest BCUT2D eigenvalue weighted by Crippen LogP contribution is -2.35. The minimum absolute atomic E-state index is 0.0647. The van der Waals surface area contributed by atoms with Crippen molar-refractivity contribution in [2.45, 2.75) is 51.1 Å². The molecule has 10 nitrogen and oxygen atoms in total. The number of aromatic nitrogens is 3. The van der Waals surface area contributed by atoms with Crippen molar-refractivity contribution in [2.75, 3.05) is 13.2 Å². The molecule has 5 rings (SSSR count). The largest absolute Gasteiger partial charge is 0.494 e. The third-order valence-corrected chi connectivity index (χ3v) is 6.19. The molecule has 3 aliphatic rings. The van der Waals surface area contributed by atoms with E-state index in [9.17, 15) is 14.7 Å². The molecule has 1 saturated heterocycles. The monoisotopic (exact) mass is 426 g/mol. The minimum atomic E-state index is -0.625. The van der Waals surface area contributed by atoms with E-state index >= 15 is 0 Å². The zero-order chi connectivity index (χ0) is 21.5. The summed E-state index contributed by atoms with van der Waals surface area (Å²) < 4.78 is 8.34. The molecule has 4 N–H and O–H groups in total.